The number of hydrogen-bond acceptors (Lipinski definition) is 4. The summed E-state index contributed by atoms with van der Waals surface area (Å²) in [6.45, 7) is 3.72. The number of para-hydroxylation sites is 1. The summed E-state index contributed by atoms with van der Waals surface area (Å²) in [5.74, 6) is 1.42. The molecule has 140 valence electrons. The number of nitrogens with zero attached hydrogens (tertiary/aromatic N) is 4. The lowest BCUT2D eigenvalue weighted by Gasteiger charge is -2.34. The van der Waals surface area contributed by atoms with Crippen molar-refractivity contribution in [3.63, 3.8) is 0 Å². The average Bonchev–Trinajstić information content (AvgIpc) is 3.13. The van der Waals surface area contributed by atoms with E-state index >= 15 is 0 Å². The van der Waals surface area contributed by atoms with Gasteiger partial charge in [-0.3, -0.25) is 14.1 Å². The number of carbonyl (C=O) groups excluding carboxylic acids is 1. The number of halogens is 1. The number of rotatable bonds is 4. The first-order valence-corrected chi connectivity index (χ1v) is 10.0. The van der Waals surface area contributed by atoms with E-state index in [9.17, 15) is 4.79 Å². The largest absolute Gasteiger partial charge is 0.324 e. The van der Waals surface area contributed by atoms with E-state index < -0.39 is 0 Å². The predicted octanol–water partition coefficient (Wildman–Crippen LogP) is 3.70. The van der Waals surface area contributed by atoms with Crippen molar-refractivity contribution in [3.05, 3.63) is 59.0 Å². The Morgan fingerprint density at radius 2 is 1.89 bits per heavy atom. The minimum absolute atomic E-state index is 0.0216. The molecule has 3 heterocycles. The minimum Gasteiger partial charge on any atom is -0.324 e. The Labute approximate surface area is 166 Å². The lowest BCUT2D eigenvalue weighted by atomic mass is 9.95. The zero-order chi connectivity index (χ0) is 18.8. The van der Waals surface area contributed by atoms with E-state index in [2.05, 4.69) is 40.7 Å². The summed E-state index contributed by atoms with van der Waals surface area (Å²) in [4.78, 5) is 14.9. The molecular weight excluding hydrogens is 406 g/mol. The van der Waals surface area contributed by atoms with E-state index in [0.717, 1.165) is 47.6 Å². The molecule has 1 N–H and O–H groups in total. The molecule has 2 aromatic heterocycles. The van der Waals surface area contributed by atoms with Crippen molar-refractivity contribution in [1.82, 2.24) is 19.5 Å². The van der Waals surface area contributed by atoms with Gasteiger partial charge in [-0.15, -0.1) is 10.2 Å². The molecule has 1 amide bonds. The third kappa shape index (κ3) is 3.75. The molecule has 3 aromatic rings. The van der Waals surface area contributed by atoms with Gasteiger partial charge in [0.25, 0.3) is 0 Å². The normalized spacial score (nSPS) is 17.1. The van der Waals surface area contributed by atoms with Gasteiger partial charge >= 0.3 is 0 Å². The Balaban J connectivity index is 1.38. The average molecular weight is 428 g/mol. The molecule has 7 heteroatoms. The van der Waals surface area contributed by atoms with E-state index in [-0.39, 0.29) is 11.9 Å². The van der Waals surface area contributed by atoms with Crippen LogP contribution >= 0.6 is 15.9 Å². The first-order chi connectivity index (χ1) is 13.1. The van der Waals surface area contributed by atoms with Crippen molar-refractivity contribution in [2.45, 2.75) is 31.7 Å². The number of hydrogen-bond donors (Lipinski definition) is 1. The van der Waals surface area contributed by atoms with Gasteiger partial charge in [0.1, 0.15) is 5.82 Å². The number of anilines is 1. The van der Waals surface area contributed by atoms with E-state index in [4.69, 9.17) is 0 Å². The molecular formula is C20H22BrN5O. The van der Waals surface area contributed by atoms with Crippen LogP contribution in [0.5, 0.6) is 0 Å². The predicted molar refractivity (Wildman–Crippen MR) is 109 cm³/mol. The number of fused-ring (bicyclic) bond motifs is 1. The highest BCUT2D eigenvalue weighted by Gasteiger charge is 2.29. The summed E-state index contributed by atoms with van der Waals surface area (Å²) in [6.07, 6.45) is 3.97. The maximum Gasteiger partial charge on any atom is 0.241 e. The number of carbonyl (C=O) groups is 1. The number of likely N-dealkylation sites (tertiary alicyclic amines) is 1. The quantitative estimate of drug-likeness (QED) is 0.689. The smallest absolute Gasteiger partial charge is 0.241 e. The van der Waals surface area contributed by atoms with Crippen LogP contribution in [0.15, 0.2) is 53.1 Å². The van der Waals surface area contributed by atoms with Gasteiger partial charge in [0.2, 0.25) is 5.91 Å². The van der Waals surface area contributed by atoms with Crippen LogP contribution in [-0.4, -0.2) is 44.5 Å². The second-order valence-electron chi connectivity index (χ2n) is 6.94. The van der Waals surface area contributed by atoms with Gasteiger partial charge in [0.15, 0.2) is 5.65 Å². The molecule has 1 atom stereocenters. The van der Waals surface area contributed by atoms with Crippen molar-refractivity contribution in [2.24, 2.45) is 0 Å². The van der Waals surface area contributed by atoms with Crippen LogP contribution in [0.1, 0.15) is 31.5 Å². The lowest BCUT2D eigenvalue weighted by molar-refractivity contribution is -0.121. The molecule has 6 nitrogen and oxygen atoms in total. The first kappa shape index (κ1) is 18.1. The zero-order valence-corrected chi connectivity index (χ0v) is 16.8. The van der Waals surface area contributed by atoms with Gasteiger partial charge in [0, 0.05) is 16.6 Å². The summed E-state index contributed by atoms with van der Waals surface area (Å²) in [5.41, 5.74) is 1.69. The number of piperidine rings is 1. The Morgan fingerprint density at radius 3 is 2.67 bits per heavy atom. The summed E-state index contributed by atoms with van der Waals surface area (Å²) in [5, 5.41) is 11.7. The van der Waals surface area contributed by atoms with E-state index in [1.54, 1.807) is 0 Å². The number of aromatic nitrogens is 3. The summed E-state index contributed by atoms with van der Waals surface area (Å²) in [6, 6.07) is 13.5. The second kappa shape index (κ2) is 7.78. The molecule has 0 spiro atoms. The molecule has 4 rings (SSSR count). The van der Waals surface area contributed by atoms with Crippen molar-refractivity contribution in [1.29, 1.82) is 0 Å². The van der Waals surface area contributed by atoms with Crippen molar-refractivity contribution in [2.75, 3.05) is 18.4 Å². The zero-order valence-electron chi connectivity index (χ0n) is 15.2. The number of nitrogens with one attached hydrogen (secondary N) is 1. The highest BCUT2D eigenvalue weighted by Crippen LogP contribution is 2.28. The molecule has 1 aromatic carbocycles. The fourth-order valence-electron chi connectivity index (χ4n) is 3.65. The third-order valence-corrected chi connectivity index (χ3v) is 5.99. The van der Waals surface area contributed by atoms with Gasteiger partial charge < -0.3 is 5.32 Å². The van der Waals surface area contributed by atoms with Gasteiger partial charge in [-0.05, 0) is 73.1 Å². The van der Waals surface area contributed by atoms with Gasteiger partial charge in [-0.1, -0.05) is 18.2 Å². The molecule has 0 bridgehead atoms. The van der Waals surface area contributed by atoms with Crippen LogP contribution in [0.2, 0.25) is 0 Å². The summed E-state index contributed by atoms with van der Waals surface area (Å²) < 4.78 is 2.96. The lowest BCUT2D eigenvalue weighted by Crippen LogP contribution is -2.45. The minimum atomic E-state index is -0.173. The highest BCUT2D eigenvalue weighted by atomic mass is 79.9. The van der Waals surface area contributed by atoms with E-state index in [1.807, 2.05) is 55.6 Å². The van der Waals surface area contributed by atoms with Crippen LogP contribution in [0.3, 0.4) is 0 Å². The van der Waals surface area contributed by atoms with Crippen LogP contribution in [0.25, 0.3) is 5.65 Å². The summed E-state index contributed by atoms with van der Waals surface area (Å²) in [7, 11) is 0. The van der Waals surface area contributed by atoms with Crippen molar-refractivity contribution >= 4 is 33.2 Å². The SMILES string of the molecule is CC(C(=O)Nc1ccccc1Br)N1CCC(c2nnc3ccccn23)CC1. The summed E-state index contributed by atoms with van der Waals surface area (Å²) >= 11 is 3.48. The van der Waals surface area contributed by atoms with Crippen molar-refractivity contribution in [3.8, 4) is 0 Å². The first-order valence-electron chi connectivity index (χ1n) is 9.22. The van der Waals surface area contributed by atoms with Gasteiger partial charge in [-0.2, -0.15) is 0 Å². The molecule has 27 heavy (non-hydrogen) atoms. The molecule has 1 saturated heterocycles. The maximum atomic E-state index is 12.6. The standard InChI is InChI=1S/C20H22BrN5O/c1-14(20(27)22-17-7-3-2-6-16(17)21)25-12-9-15(10-13-25)19-24-23-18-8-4-5-11-26(18)19/h2-8,11,14-15H,9-10,12-13H2,1H3,(H,22,27). The van der Waals surface area contributed by atoms with E-state index in [0.29, 0.717) is 5.92 Å². The van der Waals surface area contributed by atoms with Crippen LogP contribution in [-0.2, 0) is 4.79 Å². The highest BCUT2D eigenvalue weighted by molar-refractivity contribution is 9.10. The van der Waals surface area contributed by atoms with Gasteiger partial charge in [-0.25, -0.2) is 0 Å². The number of pyridine rings is 1. The fraction of sp³-hybridized carbons (Fsp3) is 0.350. The maximum absolute atomic E-state index is 12.6. The Morgan fingerprint density at radius 1 is 1.15 bits per heavy atom. The second-order valence-corrected chi connectivity index (χ2v) is 7.80. The topological polar surface area (TPSA) is 62.5 Å². The van der Waals surface area contributed by atoms with E-state index in [1.165, 1.54) is 0 Å². The molecule has 0 radical (unpaired) electrons. The molecule has 0 aliphatic carbocycles. The number of amides is 1. The Bertz CT molecular complexity index is 948. The molecule has 1 aliphatic heterocycles. The van der Waals surface area contributed by atoms with Crippen LogP contribution in [0, 0.1) is 0 Å². The van der Waals surface area contributed by atoms with Crippen LogP contribution in [0.4, 0.5) is 5.69 Å². The van der Waals surface area contributed by atoms with Gasteiger partial charge in [0.05, 0.1) is 11.7 Å². The Hall–Kier alpha value is -2.25. The fourth-order valence-corrected chi connectivity index (χ4v) is 4.03. The molecule has 0 saturated carbocycles. The third-order valence-electron chi connectivity index (χ3n) is 5.29. The number of benzene rings is 1. The van der Waals surface area contributed by atoms with Crippen LogP contribution < -0.4 is 5.32 Å². The molecule has 1 unspecified atom stereocenters. The van der Waals surface area contributed by atoms with Crippen molar-refractivity contribution < 1.29 is 4.79 Å². The molecule has 1 fully saturated rings. The monoisotopic (exact) mass is 427 g/mol. The Kier molecular flexibility index (Phi) is 5.22. The molecule has 1 aliphatic rings.